The molecule has 0 bridgehead atoms. The topological polar surface area (TPSA) is 99.0 Å². The van der Waals surface area contributed by atoms with Crippen molar-refractivity contribution < 1.29 is 24.0 Å². The van der Waals surface area contributed by atoms with Gasteiger partial charge in [-0.2, -0.15) is 0 Å². The highest BCUT2D eigenvalue weighted by atomic mass is 16.6. The number of nitro benzene ring substituents is 1. The highest BCUT2D eigenvalue weighted by Gasteiger charge is 2.34. The molecule has 0 unspecified atom stereocenters. The lowest BCUT2D eigenvalue weighted by Gasteiger charge is -2.25. The van der Waals surface area contributed by atoms with E-state index in [0.29, 0.717) is 0 Å². The van der Waals surface area contributed by atoms with Gasteiger partial charge in [-0.1, -0.05) is 18.2 Å². The average molecular weight is 398 g/mol. The second-order valence-corrected chi connectivity index (χ2v) is 6.81. The van der Waals surface area contributed by atoms with Crippen LogP contribution in [-0.2, 0) is 16.0 Å². The molecule has 0 aliphatic carbocycles. The molecular formula is C21H22N2O6. The van der Waals surface area contributed by atoms with Gasteiger partial charge in [0, 0.05) is 17.8 Å². The van der Waals surface area contributed by atoms with Crippen LogP contribution in [0.3, 0.4) is 0 Å². The fourth-order valence-corrected chi connectivity index (χ4v) is 3.44. The Morgan fingerprint density at radius 3 is 2.69 bits per heavy atom. The van der Waals surface area contributed by atoms with Crippen molar-refractivity contribution in [2.75, 3.05) is 11.5 Å². The summed E-state index contributed by atoms with van der Waals surface area (Å²) in [5, 5.41) is 11.2. The van der Waals surface area contributed by atoms with E-state index >= 15 is 0 Å². The van der Waals surface area contributed by atoms with Gasteiger partial charge in [0.2, 0.25) is 0 Å². The highest BCUT2D eigenvalue weighted by molar-refractivity contribution is 6.01. The van der Waals surface area contributed by atoms with E-state index in [-0.39, 0.29) is 35.6 Å². The fraction of sp³-hybridized carbons (Fsp3) is 0.333. The van der Waals surface area contributed by atoms with Crippen LogP contribution >= 0.6 is 0 Å². The van der Waals surface area contributed by atoms with Crippen molar-refractivity contribution in [3.63, 3.8) is 0 Å². The number of nitro groups is 1. The standard InChI is InChI=1S/C21H22N2O6/c1-4-28-19-10-9-16(12-18(19)23(26)27)21(25)29-14(3)20(24)22-13(2)11-15-7-5-6-8-17(15)22/h5-10,12-14H,4,11H2,1-3H3/t13-,14-/m1/s1. The molecule has 0 radical (unpaired) electrons. The third-order valence-electron chi connectivity index (χ3n) is 4.77. The molecule has 2 aromatic carbocycles. The zero-order valence-electron chi connectivity index (χ0n) is 16.5. The van der Waals surface area contributed by atoms with Gasteiger partial charge in [0.15, 0.2) is 11.9 Å². The average Bonchev–Trinajstić information content (AvgIpc) is 3.03. The minimum absolute atomic E-state index is 0.0188. The van der Waals surface area contributed by atoms with E-state index < -0.39 is 17.0 Å². The smallest absolute Gasteiger partial charge is 0.339 e. The van der Waals surface area contributed by atoms with E-state index in [1.165, 1.54) is 19.1 Å². The summed E-state index contributed by atoms with van der Waals surface area (Å²) in [5.74, 6) is -1.07. The molecule has 152 valence electrons. The summed E-state index contributed by atoms with van der Waals surface area (Å²) in [7, 11) is 0. The zero-order valence-corrected chi connectivity index (χ0v) is 16.5. The lowest BCUT2D eigenvalue weighted by atomic mass is 10.1. The summed E-state index contributed by atoms with van der Waals surface area (Å²) < 4.78 is 10.5. The number of carbonyl (C=O) groups is 2. The third kappa shape index (κ3) is 4.06. The molecule has 1 amide bonds. The van der Waals surface area contributed by atoms with Crippen molar-refractivity contribution in [1.82, 2.24) is 0 Å². The number of hydrogen-bond acceptors (Lipinski definition) is 6. The molecule has 8 nitrogen and oxygen atoms in total. The van der Waals surface area contributed by atoms with Gasteiger partial charge in [0.1, 0.15) is 0 Å². The Morgan fingerprint density at radius 1 is 1.28 bits per heavy atom. The van der Waals surface area contributed by atoms with Crippen LogP contribution in [-0.4, -0.2) is 35.6 Å². The van der Waals surface area contributed by atoms with Crippen molar-refractivity contribution in [3.8, 4) is 5.75 Å². The second-order valence-electron chi connectivity index (χ2n) is 6.81. The van der Waals surface area contributed by atoms with E-state index in [9.17, 15) is 19.7 Å². The van der Waals surface area contributed by atoms with Gasteiger partial charge in [0.25, 0.3) is 5.91 Å². The van der Waals surface area contributed by atoms with Gasteiger partial charge >= 0.3 is 11.7 Å². The van der Waals surface area contributed by atoms with Gasteiger partial charge in [-0.25, -0.2) is 4.79 Å². The number of carbonyl (C=O) groups excluding carboxylic acids is 2. The quantitative estimate of drug-likeness (QED) is 0.419. The van der Waals surface area contributed by atoms with E-state index in [1.54, 1.807) is 11.8 Å². The molecule has 1 heterocycles. The number of anilines is 1. The Kier molecular flexibility index (Phi) is 5.81. The molecule has 0 saturated heterocycles. The number of nitrogens with zero attached hydrogens (tertiary/aromatic N) is 2. The van der Waals surface area contributed by atoms with Crippen molar-refractivity contribution in [1.29, 1.82) is 0 Å². The molecule has 3 rings (SSSR count). The maximum absolute atomic E-state index is 12.9. The number of benzene rings is 2. The van der Waals surface area contributed by atoms with Crippen LogP contribution in [0.4, 0.5) is 11.4 Å². The first-order valence-corrected chi connectivity index (χ1v) is 9.36. The number of amides is 1. The molecule has 8 heteroatoms. The summed E-state index contributed by atoms with van der Waals surface area (Å²) in [4.78, 5) is 37.7. The van der Waals surface area contributed by atoms with Crippen molar-refractivity contribution >= 4 is 23.3 Å². The van der Waals surface area contributed by atoms with Crippen molar-refractivity contribution in [3.05, 3.63) is 63.7 Å². The van der Waals surface area contributed by atoms with Gasteiger partial charge in [-0.3, -0.25) is 14.9 Å². The SMILES string of the molecule is CCOc1ccc(C(=O)O[C@H](C)C(=O)N2c3ccccc3C[C@H]2C)cc1[N+](=O)[O-]. The highest BCUT2D eigenvalue weighted by Crippen LogP contribution is 2.33. The van der Waals surface area contributed by atoms with Crippen molar-refractivity contribution in [2.24, 2.45) is 0 Å². The van der Waals surface area contributed by atoms with E-state index in [0.717, 1.165) is 23.7 Å². The van der Waals surface area contributed by atoms with E-state index in [1.807, 2.05) is 31.2 Å². The van der Waals surface area contributed by atoms with Crippen LogP contribution in [0.5, 0.6) is 5.75 Å². The summed E-state index contributed by atoms with van der Waals surface area (Å²) in [6, 6.07) is 11.4. The zero-order chi connectivity index (χ0) is 21.1. The number of para-hydroxylation sites is 1. The van der Waals surface area contributed by atoms with E-state index in [2.05, 4.69) is 0 Å². The first kappa shape index (κ1) is 20.3. The molecule has 29 heavy (non-hydrogen) atoms. The fourth-order valence-electron chi connectivity index (χ4n) is 3.44. The molecule has 0 fully saturated rings. The number of hydrogen-bond donors (Lipinski definition) is 0. The Bertz CT molecular complexity index is 958. The lowest BCUT2D eigenvalue weighted by Crippen LogP contribution is -2.43. The van der Waals surface area contributed by atoms with Crippen molar-refractivity contribution in [2.45, 2.75) is 39.3 Å². The summed E-state index contributed by atoms with van der Waals surface area (Å²) in [6.45, 7) is 5.39. The van der Waals surface area contributed by atoms with Crippen LogP contribution in [0, 0.1) is 10.1 Å². The number of fused-ring (bicyclic) bond motifs is 1. The third-order valence-corrected chi connectivity index (χ3v) is 4.77. The molecular weight excluding hydrogens is 376 g/mol. The summed E-state index contributed by atoms with van der Waals surface area (Å²) in [5.41, 5.74) is 1.52. The summed E-state index contributed by atoms with van der Waals surface area (Å²) in [6.07, 6.45) is -0.310. The molecule has 2 atom stereocenters. The minimum atomic E-state index is -1.04. The minimum Gasteiger partial charge on any atom is -0.487 e. The van der Waals surface area contributed by atoms with Crippen LogP contribution < -0.4 is 9.64 Å². The first-order chi connectivity index (χ1) is 13.8. The Morgan fingerprint density at radius 2 is 2.00 bits per heavy atom. The molecule has 1 aliphatic heterocycles. The number of rotatable bonds is 6. The normalized spacial score (nSPS) is 16.1. The maximum Gasteiger partial charge on any atom is 0.339 e. The predicted octanol–water partition coefficient (Wildman–Crippen LogP) is 3.52. The predicted molar refractivity (Wildman–Crippen MR) is 106 cm³/mol. The van der Waals surface area contributed by atoms with E-state index in [4.69, 9.17) is 9.47 Å². The summed E-state index contributed by atoms with van der Waals surface area (Å²) >= 11 is 0. The molecule has 0 N–H and O–H groups in total. The molecule has 0 saturated carbocycles. The Labute approximate surface area is 168 Å². The molecule has 2 aromatic rings. The van der Waals surface area contributed by atoms with Crippen LogP contribution in [0.25, 0.3) is 0 Å². The maximum atomic E-state index is 12.9. The van der Waals surface area contributed by atoms with Gasteiger partial charge in [0.05, 0.1) is 17.1 Å². The van der Waals surface area contributed by atoms with Gasteiger partial charge < -0.3 is 14.4 Å². The monoisotopic (exact) mass is 398 g/mol. The van der Waals surface area contributed by atoms with Crippen LogP contribution in [0.15, 0.2) is 42.5 Å². The van der Waals surface area contributed by atoms with Crippen LogP contribution in [0.1, 0.15) is 36.7 Å². The number of ether oxygens (including phenoxy) is 2. The second kappa shape index (κ2) is 8.30. The van der Waals surface area contributed by atoms with Gasteiger partial charge in [-0.15, -0.1) is 0 Å². The first-order valence-electron chi connectivity index (χ1n) is 9.36. The van der Waals surface area contributed by atoms with Crippen LogP contribution in [0.2, 0.25) is 0 Å². The van der Waals surface area contributed by atoms with Gasteiger partial charge in [-0.05, 0) is 51.0 Å². The molecule has 1 aliphatic rings. The molecule has 0 spiro atoms. The largest absolute Gasteiger partial charge is 0.487 e. The molecule has 0 aromatic heterocycles. The Balaban J connectivity index is 1.76. The lowest BCUT2D eigenvalue weighted by molar-refractivity contribution is -0.385. The Hall–Kier alpha value is -3.42. The number of esters is 1.